The fourth-order valence-electron chi connectivity index (χ4n) is 2.47. The molecule has 0 bridgehead atoms. The molecule has 2 aromatic carbocycles. The number of benzene rings is 2. The standard InChI is InChI=1S/C18H19NO/c1-14(2)20-18-10-6-9-17-16(18)11-12-19(17)13-15-7-4-3-5-8-15/h3-12,14H,13H2,1-2H3. The molecule has 0 aliphatic heterocycles. The molecule has 0 saturated heterocycles. The highest BCUT2D eigenvalue weighted by Crippen LogP contribution is 2.27. The molecule has 0 unspecified atom stereocenters. The lowest BCUT2D eigenvalue weighted by Crippen LogP contribution is -2.05. The van der Waals surface area contributed by atoms with Gasteiger partial charge in [-0.2, -0.15) is 0 Å². The Morgan fingerprint density at radius 3 is 2.50 bits per heavy atom. The predicted octanol–water partition coefficient (Wildman–Crippen LogP) is 4.48. The van der Waals surface area contributed by atoms with Gasteiger partial charge in [0.25, 0.3) is 0 Å². The predicted molar refractivity (Wildman–Crippen MR) is 83.2 cm³/mol. The molecule has 0 atom stereocenters. The van der Waals surface area contributed by atoms with Crippen molar-refractivity contribution in [1.82, 2.24) is 4.57 Å². The average Bonchev–Trinajstić information content (AvgIpc) is 2.84. The van der Waals surface area contributed by atoms with Crippen molar-refractivity contribution in [3.05, 3.63) is 66.4 Å². The van der Waals surface area contributed by atoms with Crippen molar-refractivity contribution in [2.45, 2.75) is 26.5 Å². The molecule has 0 N–H and O–H groups in total. The van der Waals surface area contributed by atoms with Crippen molar-refractivity contribution in [1.29, 1.82) is 0 Å². The van der Waals surface area contributed by atoms with E-state index >= 15 is 0 Å². The summed E-state index contributed by atoms with van der Waals surface area (Å²) >= 11 is 0. The molecular formula is C18H19NO. The maximum absolute atomic E-state index is 5.88. The lowest BCUT2D eigenvalue weighted by Gasteiger charge is -2.11. The van der Waals surface area contributed by atoms with Crippen LogP contribution in [0.15, 0.2) is 60.8 Å². The van der Waals surface area contributed by atoms with Crippen molar-refractivity contribution in [3.63, 3.8) is 0 Å². The first-order valence-corrected chi connectivity index (χ1v) is 7.02. The van der Waals surface area contributed by atoms with Gasteiger partial charge in [-0.3, -0.25) is 0 Å². The van der Waals surface area contributed by atoms with E-state index in [1.165, 1.54) is 16.5 Å². The summed E-state index contributed by atoms with van der Waals surface area (Å²) in [5.74, 6) is 0.962. The van der Waals surface area contributed by atoms with Crippen molar-refractivity contribution in [3.8, 4) is 5.75 Å². The van der Waals surface area contributed by atoms with E-state index in [-0.39, 0.29) is 6.10 Å². The van der Waals surface area contributed by atoms with Gasteiger partial charge >= 0.3 is 0 Å². The molecule has 1 heterocycles. The zero-order chi connectivity index (χ0) is 13.9. The van der Waals surface area contributed by atoms with Crippen LogP contribution in [0.25, 0.3) is 10.9 Å². The fourth-order valence-corrected chi connectivity index (χ4v) is 2.47. The second-order valence-electron chi connectivity index (χ2n) is 5.28. The van der Waals surface area contributed by atoms with Gasteiger partial charge in [-0.25, -0.2) is 0 Å². The number of aromatic nitrogens is 1. The molecule has 2 nitrogen and oxygen atoms in total. The van der Waals surface area contributed by atoms with Crippen LogP contribution in [0.4, 0.5) is 0 Å². The van der Waals surface area contributed by atoms with Gasteiger partial charge in [0.15, 0.2) is 0 Å². The Bertz CT molecular complexity index is 698. The fraction of sp³-hybridized carbons (Fsp3) is 0.222. The molecule has 3 aromatic rings. The van der Waals surface area contributed by atoms with Crippen molar-refractivity contribution >= 4 is 10.9 Å². The summed E-state index contributed by atoms with van der Waals surface area (Å²) in [6, 6.07) is 18.9. The van der Waals surface area contributed by atoms with E-state index in [2.05, 4.69) is 67.1 Å². The second-order valence-corrected chi connectivity index (χ2v) is 5.28. The van der Waals surface area contributed by atoms with Crippen LogP contribution in [0.2, 0.25) is 0 Å². The molecule has 3 rings (SSSR count). The molecule has 0 radical (unpaired) electrons. The Morgan fingerprint density at radius 2 is 1.75 bits per heavy atom. The van der Waals surface area contributed by atoms with Crippen LogP contribution in [0.5, 0.6) is 5.75 Å². The van der Waals surface area contributed by atoms with E-state index in [9.17, 15) is 0 Å². The summed E-state index contributed by atoms with van der Waals surface area (Å²) in [5, 5.41) is 1.18. The van der Waals surface area contributed by atoms with Crippen LogP contribution in [0, 0.1) is 0 Å². The van der Waals surface area contributed by atoms with E-state index in [0.717, 1.165) is 12.3 Å². The van der Waals surface area contributed by atoms with Gasteiger partial charge < -0.3 is 9.30 Å². The zero-order valence-corrected chi connectivity index (χ0v) is 11.9. The van der Waals surface area contributed by atoms with E-state index in [1.54, 1.807) is 0 Å². The van der Waals surface area contributed by atoms with Gasteiger partial charge in [-0.15, -0.1) is 0 Å². The number of fused-ring (bicyclic) bond motifs is 1. The molecule has 0 aliphatic carbocycles. The highest BCUT2D eigenvalue weighted by Gasteiger charge is 2.08. The van der Waals surface area contributed by atoms with Crippen LogP contribution in [0.3, 0.4) is 0 Å². The third-order valence-corrected chi connectivity index (χ3v) is 3.33. The van der Waals surface area contributed by atoms with Gasteiger partial charge in [0.2, 0.25) is 0 Å². The molecule has 2 heteroatoms. The largest absolute Gasteiger partial charge is 0.490 e. The Morgan fingerprint density at radius 1 is 0.950 bits per heavy atom. The van der Waals surface area contributed by atoms with Gasteiger partial charge in [0.1, 0.15) is 5.75 Å². The van der Waals surface area contributed by atoms with Crippen LogP contribution in [-0.4, -0.2) is 10.7 Å². The first-order chi connectivity index (χ1) is 9.74. The molecule has 0 aliphatic rings. The minimum absolute atomic E-state index is 0.193. The minimum atomic E-state index is 0.193. The van der Waals surface area contributed by atoms with Gasteiger partial charge in [0, 0.05) is 18.1 Å². The number of rotatable bonds is 4. The van der Waals surface area contributed by atoms with Gasteiger partial charge in [-0.1, -0.05) is 36.4 Å². The number of hydrogen-bond donors (Lipinski definition) is 0. The smallest absolute Gasteiger partial charge is 0.129 e. The highest BCUT2D eigenvalue weighted by molar-refractivity contribution is 5.86. The average molecular weight is 265 g/mol. The van der Waals surface area contributed by atoms with Crippen LogP contribution < -0.4 is 4.74 Å². The lowest BCUT2D eigenvalue weighted by molar-refractivity contribution is 0.245. The number of nitrogens with zero attached hydrogens (tertiary/aromatic N) is 1. The maximum Gasteiger partial charge on any atom is 0.129 e. The topological polar surface area (TPSA) is 14.2 Å². The van der Waals surface area contributed by atoms with E-state index < -0.39 is 0 Å². The first kappa shape index (κ1) is 12.8. The lowest BCUT2D eigenvalue weighted by atomic mass is 10.2. The van der Waals surface area contributed by atoms with Crippen molar-refractivity contribution in [2.75, 3.05) is 0 Å². The molecule has 1 aromatic heterocycles. The van der Waals surface area contributed by atoms with Gasteiger partial charge in [-0.05, 0) is 37.6 Å². The third-order valence-electron chi connectivity index (χ3n) is 3.33. The van der Waals surface area contributed by atoms with Crippen molar-refractivity contribution in [2.24, 2.45) is 0 Å². The molecule has 20 heavy (non-hydrogen) atoms. The molecule has 0 saturated carbocycles. The van der Waals surface area contributed by atoms with Crippen LogP contribution >= 0.6 is 0 Å². The molecule has 0 fully saturated rings. The SMILES string of the molecule is CC(C)Oc1cccc2c1ccn2Cc1ccccc1. The molecule has 0 amide bonds. The highest BCUT2D eigenvalue weighted by atomic mass is 16.5. The second kappa shape index (κ2) is 5.41. The van der Waals surface area contributed by atoms with E-state index in [1.807, 2.05) is 12.1 Å². The quantitative estimate of drug-likeness (QED) is 0.678. The van der Waals surface area contributed by atoms with Crippen LogP contribution in [-0.2, 0) is 6.54 Å². The first-order valence-electron chi connectivity index (χ1n) is 7.02. The summed E-state index contributed by atoms with van der Waals surface area (Å²) < 4.78 is 8.14. The summed E-state index contributed by atoms with van der Waals surface area (Å²) in [5.41, 5.74) is 2.52. The van der Waals surface area contributed by atoms with Gasteiger partial charge in [0.05, 0.1) is 11.6 Å². The Labute approximate surface area is 119 Å². The third kappa shape index (κ3) is 2.55. The van der Waals surface area contributed by atoms with Crippen LogP contribution in [0.1, 0.15) is 19.4 Å². The Hall–Kier alpha value is -2.22. The van der Waals surface area contributed by atoms with E-state index in [0.29, 0.717) is 0 Å². The Kier molecular flexibility index (Phi) is 3.46. The summed E-state index contributed by atoms with van der Waals surface area (Å²) in [6.45, 7) is 5.00. The number of hydrogen-bond acceptors (Lipinski definition) is 1. The summed E-state index contributed by atoms with van der Waals surface area (Å²) in [7, 11) is 0. The molecule has 0 spiro atoms. The van der Waals surface area contributed by atoms with E-state index in [4.69, 9.17) is 4.74 Å². The monoisotopic (exact) mass is 265 g/mol. The minimum Gasteiger partial charge on any atom is -0.490 e. The molecule has 102 valence electrons. The normalized spacial score (nSPS) is 11.2. The Balaban J connectivity index is 1.97. The molecular weight excluding hydrogens is 246 g/mol. The maximum atomic E-state index is 5.88. The zero-order valence-electron chi connectivity index (χ0n) is 11.9. The number of ether oxygens (including phenoxy) is 1. The summed E-state index contributed by atoms with van der Waals surface area (Å²) in [6.07, 6.45) is 2.32. The van der Waals surface area contributed by atoms with Crippen molar-refractivity contribution < 1.29 is 4.74 Å². The summed E-state index contributed by atoms with van der Waals surface area (Å²) in [4.78, 5) is 0.